The predicted octanol–water partition coefficient (Wildman–Crippen LogP) is 3.40. The summed E-state index contributed by atoms with van der Waals surface area (Å²) in [6.07, 6.45) is 1.65. The lowest BCUT2D eigenvalue weighted by Crippen LogP contribution is -2.53. The van der Waals surface area contributed by atoms with E-state index >= 15 is 0 Å². The number of rotatable bonds is 3. The van der Waals surface area contributed by atoms with Crippen molar-refractivity contribution in [2.45, 2.75) is 57.0 Å². The number of hydrogen-bond acceptors (Lipinski definition) is 6. The van der Waals surface area contributed by atoms with Gasteiger partial charge in [0.25, 0.3) is 5.56 Å². The molecule has 2 aromatic rings. The standard InChI is InChI=1S/C24H28F2N6O/c1-15-14-32(11-8-19(15)30(2)17-6-9-24(25,26)10-7-17)22-18(13-28)23(33)31(3)20-5-4-16(12-27)29-21(20)22/h4-5,15,17,19H,6-11,14H2,1-3H3. The van der Waals surface area contributed by atoms with Crippen molar-refractivity contribution in [1.29, 1.82) is 10.5 Å². The summed E-state index contributed by atoms with van der Waals surface area (Å²) in [5.74, 6) is -2.36. The van der Waals surface area contributed by atoms with Crippen LogP contribution in [0.2, 0.25) is 0 Å². The molecule has 9 heteroatoms. The number of alkyl halides is 2. The number of fused-ring (bicyclic) bond motifs is 1. The molecular weight excluding hydrogens is 426 g/mol. The molecule has 1 aliphatic carbocycles. The van der Waals surface area contributed by atoms with Crippen LogP contribution in [0.15, 0.2) is 16.9 Å². The molecule has 174 valence electrons. The van der Waals surface area contributed by atoms with Crippen molar-refractivity contribution in [2.75, 3.05) is 25.0 Å². The van der Waals surface area contributed by atoms with E-state index in [1.165, 1.54) is 4.57 Å². The number of halogens is 2. The first kappa shape index (κ1) is 23.1. The van der Waals surface area contributed by atoms with Gasteiger partial charge in [-0.25, -0.2) is 13.8 Å². The number of pyridine rings is 2. The third-order valence-electron chi connectivity index (χ3n) is 7.40. The monoisotopic (exact) mass is 454 g/mol. The maximum absolute atomic E-state index is 13.6. The molecular formula is C24H28F2N6O. The molecule has 2 aromatic heterocycles. The Bertz CT molecular complexity index is 1200. The number of aryl methyl sites for hydroxylation is 1. The Labute approximate surface area is 191 Å². The molecule has 1 saturated carbocycles. The molecule has 7 nitrogen and oxygen atoms in total. The van der Waals surface area contributed by atoms with Crippen molar-refractivity contribution in [3.05, 3.63) is 33.7 Å². The van der Waals surface area contributed by atoms with Crippen LogP contribution in [-0.2, 0) is 7.05 Å². The van der Waals surface area contributed by atoms with E-state index in [2.05, 4.69) is 22.9 Å². The quantitative estimate of drug-likeness (QED) is 0.706. The van der Waals surface area contributed by atoms with Gasteiger partial charge in [0.2, 0.25) is 5.92 Å². The topological polar surface area (TPSA) is 88.9 Å². The summed E-state index contributed by atoms with van der Waals surface area (Å²) in [7, 11) is 3.63. The fraction of sp³-hybridized carbons (Fsp3) is 0.583. The van der Waals surface area contributed by atoms with Gasteiger partial charge in [-0.05, 0) is 44.4 Å². The zero-order chi connectivity index (χ0) is 23.9. The van der Waals surface area contributed by atoms with Crippen LogP contribution in [0.5, 0.6) is 0 Å². The number of hydrogen-bond donors (Lipinski definition) is 0. The molecule has 2 fully saturated rings. The maximum atomic E-state index is 13.6. The number of piperidine rings is 1. The average Bonchev–Trinajstić information content (AvgIpc) is 2.80. The Hall–Kier alpha value is -3.04. The largest absolute Gasteiger partial charge is 0.368 e. The van der Waals surface area contributed by atoms with Crippen molar-refractivity contribution in [3.8, 4) is 12.1 Å². The molecule has 2 atom stereocenters. The molecule has 33 heavy (non-hydrogen) atoms. The van der Waals surface area contributed by atoms with Gasteiger partial charge in [-0.15, -0.1) is 0 Å². The van der Waals surface area contributed by atoms with Crippen molar-refractivity contribution < 1.29 is 8.78 Å². The van der Waals surface area contributed by atoms with Gasteiger partial charge in [-0.3, -0.25) is 4.79 Å². The lowest BCUT2D eigenvalue weighted by atomic mass is 9.86. The Morgan fingerprint density at radius 3 is 2.48 bits per heavy atom. The van der Waals surface area contributed by atoms with Gasteiger partial charge in [-0.2, -0.15) is 10.5 Å². The van der Waals surface area contributed by atoms with Crippen molar-refractivity contribution in [1.82, 2.24) is 14.5 Å². The Balaban J connectivity index is 1.64. The third kappa shape index (κ3) is 4.18. The predicted molar refractivity (Wildman–Crippen MR) is 121 cm³/mol. The van der Waals surface area contributed by atoms with Gasteiger partial charge in [0.1, 0.15) is 28.9 Å². The Kier molecular flexibility index (Phi) is 6.11. The molecule has 2 aliphatic rings. The second-order valence-corrected chi connectivity index (χ2v) is 9.41. The van der Waals surface area contributed by atoms with Crippen LogP contribution in [0.4, 0.5) is 14.5 Å². The lowest BCUT2D eigenvalue weighted by Gasteiger charge is -2.46. The summed E-state index contributed by atoms with van der Waals surface area (Å²) in [6, 6.07) is 7.72. The molecule has 3 heterocycles. The first-order chi connectivity index (χ1) is 15.7. The van der Waals surface area contributed by atoms with Gasteiger partial charge in [0, 0.05) is 45.1 Å². The van der Waals surface area contributed by atoms with E-state index in [1.807, 2.05) is 18.0 Å². The number of anilines is 1. The van der Waals surface area contributed by atoms with Crippen LogP contribution >= 0.6 is 0 Å². The highest BCUT2D eigenvalue weighted by Gasteiger charge is 2.40. The van der Waals surface area contributed by atoms with Crippen molar-refractivity contribution in [3.63, 3.8) is 0 Å². The van der Waals surface area contributed by atoms with E-state index in [0.29, 0.717) is 42.7 Å². The van der Waals surface area contributed by atoms with E-state index in [0.717, 1.165) is 6.42 Å². The van der Waals surface area contributed by atoms with Crippen LogP contribution in [0.25, 0.3) is 11.0 Å². The second-order valence-electron chi connectivity index (χ2n) is 9.41. The van der Waals surface area contributed by atoms with E-state index in [-0.39, 0.29) is 47.7 Å². The molecule has 0 aromatic carbocycles. The fourth-order valence-corrected chi connectivity index (χ4v) is 5.51. The summed E-state index contributed by atoms with van der Waals surface area (Å²) < 4.78 is 28.6. The smallest absolute Gasteiger partial charge is 0.270 e. The van der Waals surface area contributed by atoms with E-state index in [4.69, 9.17) is 0 Å². The molecule has 0 amide bonds. The zero-order valence-corrected chi connectivity index (χ0v) is 19.2. The number of nitriles is 2. The first-order valence-corrected chi connectivity index (χ1v) is 11.4. The van der Waals surface area contributed by atoms with Gasteiger partial charge in [0.05, 0.1) is 11.2 Å². The highest BCUT2D eigenvalue weighted by Crippen LogP contribution is 2.38. The number of nitrogens with zero attached hydrogens (tertiary/aromatic N) is 6. The molecule has 1 saturated heterocycles. The summed E-state index contributed by atoms with van der Waals surface area (Å²) >= 11 is 0. The highest BCUT2D eigenvalue weighted by molar-refractivity contribution is 5.92. The van der Waals surface area contributed by atoms with Crippen LogP contribution < -0.4 is 10.5 Å². The molecule has 0 spiro atoms. The summed E-state index contributed by atoms with van der Waals surface area (Å²) in [6.45, 7) is 3.33. The molecule has 4 rings (SSSR count). The SMILES string of the molecule is CC1CN(c2c(C#N)c(=O)n(C)c3ccc(C#N)nc23)CCC1N(C)C1CCC(F)(F)CC1. The van der Waals surface area contributed by atoms with Crippen molar-refractivity contribution >= 4 is 16.7 Å². The summed E-state index contributed by atoms with van der Waals surface area (Å²) in [5, 5.41) is 19.1. The van der Waals surface area contributed by atoms with E-state index < -0.39 is 5.92 Å². The zero-order valence-electron chi connectivity index (χ0n) is 19.2. The first-order valence-electron chi connectivity index (χ1n) is 11.4. The van der Waals surface area contributed by atoms with E-state index in [9.17, 15) is 24.1 Å². The normalized spacial score (nSPS) is 23.5. The minimum absolute atomic E-state index is 0.0288. The van der Waals surface area contributed by atoms with Crippen molar-refractivity contribution in [2.24, 2.45) is 13.0 Å². The molecule has 0 bridgehead atoms. The third-order valence-corrected chi connectivity index (χ3v) is 7.40. The van der Waals surface area contributed by atoms with Gasteiger partial charge >= 0.3 is 0 Å². The van der Waals surface area contributed by atoms with Crippen LogP contribution in [0.1, 0.15) is 50.3 Å². The van der Waals surface area contributed by atoms with Crippen LogP contribution in [-0.4, -0.2) is 52.6 Å². The highest BCUT2D eigenvalue weighted by atomic mass is 19.3. The lowest BCUT2D eigenvalue weighted by molar-refractivity contribution is -0.0582. The Morgan fingerprint density at radius 2 is 1.88 bits per heavy atom. The fourth-order valence-electron chi connectivity index (χ4n) is 5.51. The van der Waals surface area contributed by atoms with Crippen LogP contribution in [0, 0.1) is 28.6 Å². The molecule has 0 N–H and O–H groups in total. The maximum Gasteiger partial charge on any atom is 0.270 e. The summed E-state index contributed by atoms with van der Waals surface area (Å²) in [5.41, 5.74) is 1.40. The van der Waals surface area contributed by atoms with Gasteiger partial charge in [0.15, 0.2) is 0 Å². The Morgan fingerprint density at radius 1 is 1.18 bits per heavy atom. The van der Waals surface area contributed by atoms with Crippen LogP contribution in [0.3, 0.4) is 0 Å². The van der Waals surface area contributed by atoms with Gasteiger partial charge in [-0.1, -0.05) is 6.92 Å². The minimum atomic E-state index is -2.55. The average molecular weight is 455 g/mol. The summed E-state index contributed by atoms with van der Waals surface area (Å²) in [4.78, 5) is 21.6. The minimum Gasteiger partial charge on any atom is -0.368 e. The number of aromatic nitrogens is 2. The molecule has 2 unspecified atom stereocenters. The molecule has 0 radical (unpaired) electrons. The van der Waals surface area contributed by atoms with E-state index in [1.54, 1.807) is 19.2 Å². The second kappa shape index (κ2) is 8.72. The van der Waals surface area contributed by atoms with Gasteiger partial charge < -0.3 is 14.4 Å². The molecule has 1 aliphatic heterocycles.